The van der Waals surface area contributed by atoms with E-state index in [-0.39, 0.29) is 6.04 Å². The lowest BCUT2D eigenvalue weighted by Gasteiger charge is -2.28. The minimum atomic E-state index is -0.442. The van der Waals surface area contributed by atoms with Gasteiger partial charge in [0.05, 0.1) is 11.6 Å². The van der Waals surface area contributed by atoms with Crippen LogP contribution in [0.4, 0.5) is 0 Å². The van der Waals surface area contributed by atoms with Crippen LogP contribution in [0.15, 0.2) is 28.7 Å². The van der Waals surface area contributed by atoms with Gasteiger partial charge in [0.15, 0.2) is 0 Å². The van der Waals surface area contributed by atoms with Gasteiger partial charge >= 0.3 is 0 Å². The van der Waals surface area contributed by atoms with Gasteiger partial charge in [-0.1, -0.05) is 11.6 Å². The van der Waals surface area contributed by atoms with Crippen molar-refractivity contribution in [2.24, 2.45) is 5.73 Å². The molecule has 0 aliphatic carbocycles. The summed E-state index contributed by atoms with van der Waals surface area (Å²) in [5, 5.41) is 1.09. The number of fused-ring (bicyclic) bond motifs is 1. The van der Waals surface area contributed by atoms with Crippen LogP contribution in [0, 0.1) is 6.92 Å². The molecular weight excluding hydrogens is 214 g/mol. The molecule has 1 heterocycles. The normalized spacial score (nSPS) is 14.2. The van der Waals surface area contributed by atoms with Crippen LogP contribution in [0.1, 0.15) is 31.2 Å². The molecule has 0 saturated carbocycles. The van der Waals surface area contributed by atoms with Crippen molar-refractivity contribution in [1.82, 2.24) is 0 Å². The average molecular weight is 233 g/mol. The fourth-order valence-electron chi connectivity index (χ4n) is 1.81. The van der Waals surface area contributed by atoms with Crippen LogP contribution in [0.3, 0.4) is 0 Å². The molecule has 17 heavy (non-hydrogen) atoms. The molecular formula is C14H19NO2. The molecule has 0 spiro atoms. The zero-order chi connectivity index (χ0) is 12.6. The Balaban J connectivity index is 2.43. The predicted octanol–water partition coefficient (Wildman–Crippen LogP) is 3.17. The maximum absolute atomic E-state index is 6.17. The van der Waals surface area contributed by atoms with Crippen LogP contribution in [0.25, 0.3) is 11.0 Å². The molecule has 0 bridgehead atoms. The van der Waals surface area contributed by atoms with E-state index in [1.807, 2.05) is 32.0 Å². The maximum Gasteiger partial charge on any atom is 0.134 e. The van der Waals surface area contributed by atoms with Crippen LogP contribution in [0.5, 0.6) is 0 Å². The van der Waals surface area contributed by atoms with Crippen molar-refractivity contribution in [3.05, 3.63) is 35.6 Å². The number of aryl methyl sites for hydroxylation is 1. The van der Waals surface area contributed by atoms with Crippen molar-refractivity contribution >= 4 is 11.0 Å². The largest absolute Gasteiger partial charge is 0.459 e. The first-order valence-electron chi connectivity index (χ1n) is 5.75. The fourth-order valence-corrected chi connectivity index (χ4v) is 1.81. The van der Waals surface area contributed by atoms with E-state index in [0.717, 1.165) is 16.7 Å². The zero-order valence-electron chi connectivity index (χ0n) is 10.8. The van der Waals surface area contributed by atoms with E-state index >= 15 is 0 Å². The van der Waals surface area contributed by atoms with Gasteiger partial charge in [0.25, 0.3) is 0 Å². The Labute approximate surface area is 102 Å². The molecule has 92 valence electrons. The molecule has 0 fully saturated rings. The minimum Gasteiger partial charge on any atom is -0.459 e. The monoisotopic (exact) mass is 233 g/mol. The van der Waals surface area contributed by atoms with Gasteiger partial charge in [-0.2, -0.15) is 0 Å². The van der Waals surface area contributed by atoms with E-state index < -0.39 is 5.60 Å². The standard InChI is InChI=1S/C14H19NO2/c1-9-5-6-11-10(7-9)8-12(17-11)13(15)14(2,3)16-4/h5-8,13H,15H2,1-4H3. The molecule has 3 heteroatoms. The molecule has 3 nitrogen and oxygen atoms in total. The smallest absolute Gasteiger partial charge is 0.134 e. The maximum atomic E-state index is 6.17. The van der Waals surface area contributed by atoms with Crippen LogP contribution in [-0.4, -0.2) is 12.7 Å². The molecule has 0 saturated heterocycles. The van der Waals surface area contributed by atoms with Crippen LogP contribution in [0.2, 0.25) is 0 Å². The molecule has 0 radical (unpaired) electrons. The van der Waals surface area contributed by atoms with Gasteiger partial charge in [0.2, 0.25) is 0 Å². The van der Waals surface area contributed by atoms with Crippen molar-refractivity contribution in [3.63, 3.8) is 0 Å². The summed E-state index contributed by atoms with van der Waals surface area (Å²) in [6.45, 7) is 5.97. The minimum absolute atomic E-state index is 0.278. The summed E-state index contributed by atoms with van der Waals surface area (Å²) < 4.78 is 11.2. The van der Waals surface area contributed by atoms with E-state index in [4.69, 9.17) is 14.9 Å². The molecule has 2 rings (SSSR count). The molecule has 2 aromatic rings. The van der Waals surface area contributed by atoms with Crippen LogP contribution >= 0.6 is 0 Å². The van der Waals surface area contributed by atoms with Gasteiger partial charge in [-0.05, 0) is 39.0 Å². The second-order valence-corrected chi connectivity index (χ2v) is 4.98. The fraction of sp³-hybridized carbons (Fsp3) is 0.429. The third-order valence-electron chi connectivity index (χ3n) is 3.27. The Morgan fingerprint density at radius 2 is 2.00 bits per heavy atom. The van der Waals surface area contributed by atoms with Gasteiger partial charge in [-0.25, -0.2) is 0 Å². The number of hydrogen-bond donors (Lipinski definition) is 1. The lowest BCUT2D eigenvalue weighted by molar-refractivity contribution is -0.00493. The second-order valence-electron chi connectivity index (χ2n) is 4.98. The molecule has 0 aliphatic rings. The van der Waals surface area contributed by atoms with E-state index in [2.05, 4.69) is 13.0 Å². The third-order valence-corrected chi connectivity index (χ3v) is 3.27. The Hall–Kier alpha value is -1.32. The topological polar surface area (TPSA) is 48.4 Å². The number of methoxy groups -OCH3 is 1. The lowest BCUT2D eigenvalue weighted by Crippen LogP contribution is -2.36. The quantitative estimate of drug-likeness (QED) is 0.885. The molecule has 1 unspecified atom stereocenters. The summed E-state index contributed by atoms with van der Waals surface area (Å²) in [4.78, 5) is 0. The van der Waals surface area contributed by atoms with Crippen molar-refractivity contribution in [2.45, 2.75) is 32.4 Å². The van der Waals surface area contributed by atoms with Crippen LogP contribution in [-0.2, 0) is 4.74 Å². The lowest BCUT2D eigenvalue weighted by atomic mass is 9.97. The van der Waals surface area contributed by atoms with E-state index in [9.17, 15) is 0 Å². The SMILES string of the molecule is COC(C)(C)C(N)c1cc2cc(C)ccc2o1. The van der Waals surface area contributed by atoms with Gasteiger partial charge in [0, 0.05) is 12.5 Å². The van der Waals surface area contributed by atoms with Gasteiger partial charge in [-0.15, -0.1) is 0 Å². The van der Waals surface area contributed by atoms with Gasteiger partial charge in [0.1, 0.15) is 11.3 Å². The van der Waals surface area contributed by atoms with E-state index in [0.29, 0.717) is 0 Å². The second kappa shape index (κ2) is 4.17. The first-order valence-corrected chi connectivity index (χ1v) is 5.75. The molecule has 0 amide bonds. The van der Waals surface area contributed by atoms with Crippen molar-refractivity contribution < 1.29 is 9.15 Å². The highest BCUT2D eigenvalue weighted by molar-refractivity contribution is 5.78. The number of nitrogens with two attached hydrogens (primary N) is 1. The van der Waals surface area contributed by atoms with Gasteiger partial charge < -0.3 is 14.9 Å². The highest BCUT2D eigenvalue weighted by Gasteiger charge is 2.30. The summed E-state index contributed by atoms with van der Waals surface area (Å²) in [5.74, 6) is 0.762. The third kappa shape index (κ3) is 2.21. The predicted molar refractivity (Wildman–Crippen MR) is 69.0 cm³/mol. The number of benzene rings is 1. The highest BCUT2D eigenvalue weighted by atomic mass is 16.5. The molecule has 0 aliphatic heterocycles. The number of hydrogen-bond acceptors (Lipinski definition) is 3. The van der Waals surface area contributed by atoms with Crippen molar-refractivity contribution in [2.75, 3.05) is 7.11 Å². The summed E-state index contributed by atoms with van der Waals surface area (Å²) >= 11 is 0. The number of rotatable bonds is 3. The first-order chi connectivity index (χ1) is 7.94. The Kier molecular flexibility index (Phi) is 2.98. The Morgan fingerprint density at radius 1 is 1.29 bits per heavy atom. The van der Waals surface area contributed by atoms with Gasteiger partial charge in [-0.3, -0.25) is 0 Å². The molecule has 2 N–H and O–H groups in total. The molecule has 1 aromatic heterocycles. The number of ether oxygens (including phenoxy) is 1. The number of furan rings is 1. The van der Waals surface area contributed by atoms with E-state index in [1.54, 1.807) is 7.11 Å². The summed E-state index contributed by atoms with van der Waals surface area (Å²) in [7, 11) is 1.66. The summed E-state index contributed by atoms with van der Waals surface area (Å²) in [5.41, 5.74) is 7.81. The Bertz CT molecular complexity index is 528. The summed E-state index contributed by atoms with van der Waals surface area (Å²) in [6.07, 6.45) is 0. The zero-order valence-corrected chi connectivity index (χ0v) is 10.8. The first kappa shape index (κ1) is 12.1. The van der Waals surface area contributed by atoms with Crippen LogP contribution < -0.4 is 5.73 Å². The van der Waals surface area contributed by atoms with Crippen molar-refractivity contribution in [3.8, 4) is 0 Å². The highest BCUT2D eigenvalue weighted by Crippen LogP contribution is 2.30. The summed E-state index contributed by atoms with van der Waals surface area (Å²) in [6, 6.07) is 7.81. The van der Waals surface area contributed by atoms with E-state index in [1.165, 1.54) is 5.56 Å². The molecule has 1 atom stereocenters. The average Bonchev–Trinajstić information content (AvgIpc) is 2.70. The van der Waals surface area contributed by atoms with Crippen molar-refractivity contribution in [1.29, 1.82) is 0 Å². The molecule has 1 aromatic carbocycles. The Morgan fingerprint density at radius 3 is 2.65 bits per heavy atom.